The Kier molecular flexibility index (Phi) is 4.73. The van der Waals surface area contributed by atoms with Gasteiger partial charge in [-0.15, -0.1) is 0 Å². The first kappa shape index (κ1) is 19.0. The molecule has 0 saturated carbocycles. The summed E-state index contributed by atoms with van der Waals surface area (Å²) >= 11 is 0. The summed E-state index contributed by atoms with van der Waals surface area (Å²) in [6.07, 6.45) is 9.53. The van der Waals surface area contributed by atoms with Gasteiger partial charge in [-0.3, -0.25) is 4.79 Å². The Balaban J connectivity index is 2.29. The largest absolute Gasteiger partial charge is 0.480 e. The van der Waals surface area contributed by atoms with Crippen LogP contribution in [0.15, 0.2) is 41.7 Å². The van der Waals surface area contributed by atoms with Crippen LogP contribution in [0.3, 0.4) is 0 Å². The summed E-state index contributed by atoms with van der Waals surface area (Å²) in [5.74, 6) is -0.688. The van der Waals surface area contributed by atoms with Crippen LogP contribution in [0.25, 0.3) is 10.9 Å². The molecule has 1 aliphatic carbocycles. The minimum Gasteiger partial charge on any atom is -0.480 e. The lowest BCUT2D eigenvalue weighted by Gasteiger charge is -2.27. The molecule has 8 nitrogen and oxygen atoms in total. The number of rotatable bonds is 5. The smallest absolute Gasteiger partial charge is 0.319 e. The predicted molar refractivity (Wildman–Crippen MR) is 101 cm³/mol. The van der Waals surface area contributed by atoms with E-state index in [1.807, 2.05) is 13.8 Å². The van der Waals surface area contributed by atoms with E-state index in [0.29, 0.717) is 22.4 Å². The number of aromatic nitrogens is 3. The maximum Gasteiger partial charge on any atom is 0.319 e. The van der Waals surface area contributed by atoms with Gasteiger partial charge in [0.15, 0.2) is 5.82 Å². The molecule has 9 heteroatoms. The summed E-state index contributed by atoms with van der Waals surface area (Å²) in [5, 5.41) is 13.2. The van der Waals surface area contributed by atoms with E-state index in [4.69, 9.17) is 0 Å². The number of carbonyl (C=O) groups is 1. The van der Waals surface area contributed by atoms with Crippen LogP contribution in [0.1, 0.15) is 26.0 Å². The second-order valence-electron chi connectivity index (χ2n) is 6.79. The Morgan fingerprint density at radius 3 is 2.59 bits per heavy atom. The summed E-state index contributed by atoms with van der Waals surface area (Å²) in [5.41, 5.74) is -0.632. The van der Waals surface area contributed by atoms with Crippen molar-refractivity contribution in [1.82, 2.24) is 15.0 Å². The van der Waals surface area contributed by atoms with Gasteiger partial charge in [0.2, 0.25) is 15.0 Å². The molecule has 2 N–H and O–H groups in total. The van der Waals surface area contributed by atoms with E-state index in [-0.39, 0.29) is 17.6 Å². The summed E-state index contributed by atoms with van der Waals surface area (Å²) in [4.78, 5) is 24.7. The molecular formula is C18H20N4O4S. The lowest BCUT2D eigenvalue weighted by Crippen LogP contribution is -2.35. The third kappa shape index (κ3) is 3.55. The van der Waals surface area contributed by atoms with Crippen LogP contribution >= 0.6 is 0 Å². The van der Waals surface area contributed by atoms with Gasteiger partial charge in [-0.1, -0.05) is 24.3 Å². The van der Waals surface area contributed by atoms with Gasteiger partial charge in [0.25, 0.3) is 0 Å². The van der Waals surface area contributed by atoms with Crippen LogP contribution in [-0.4, -0.2) is 46.7 Å². The third-order valence-electron chi connectivity index (χ3n) is 4.21. The van der Waals surface area contributed by atoms with Crippen molar-refractivity contribution in [2.75, 3.05) is 11.6 Å². The van der Waals surface area contributed by atoms with Crippen LogP contribution in [0, 0.1) is 0 Å². The monoisotopic (exact) mass is 388 g/mol. The van der Waals surface area contributed by atoms with Crippen molar-refractivity contribution < 1.29 is 18.3 Å². The molecule has 1 atom stereocenters. The summed E-state index contributed by atoms with van der Waals surface area (Å²) in [7, 11) is -3.59. The Bertz CT molecular complexity index is 1080. The molecule has 1 aliphatic rings. The van der Waals surface area contributed by atoms with Crippen molar-refractivity contribution in [3.8, 4) is 0 Å². The lowest BCUT2D eigenvalue weighted by molar-refractivity contribution is -0.142. The molecule has 3 rings (SSSR count). The Hall–Kier alpha value is -2.81. The fourth-order valence-corrected chi connectivity index (χ4v) is 3.38. The molecule has 0 bridgehead atoms. The summed E-state index contributed by atoms with van der Waals surface area (Å²) in [6, 6.07) is 1.58. The van der Waals surface area contributed by atoms with E-state index >= 15 is 0 Å². The van der Waals surface area contributed by atoms with Crippen LogP contribution in [-0.2, 0) is 20.0 Å². The number of carboxylic acid groups (broad SMARTS) is 1. The quantitative estimate of drug-likeness (QED) is 0.747. The van der Waals surface area contributed by atoms with Gasteiger partial charge in [0.1, 0.15) is 10.9 Å². The van der Waals surface area contributed by atoms with Crippen molar-refractivity contribution in [2.24, 2.45) is 0 Å². The van der Waals surface area contributed by atoms with Gasteiger partial charge >= 0.3 is 5.97 Å². The van der Waals surface area contributed by atoms with Gasteiger partial charge in [-0.05, 0) is 26.3 Å². The van der Waals surface area contributed by atoms with Crippen molar-refractivity contribution in [2.45, 2.75) is 36.9 Å². The maximum atomic E-state index is 12.1. The molecule has 142 valence electrons. The number of fused-ring (bicyclic) bond motifs is 1. The first-order valence-electron chi connectivity index (χ1n) is 8.36. The van der Waals surface area contributed by atoms with E-state index in [2.05, 4.69) is 20.3 Å². The standard InChI is InChI=1S/C18H20N4O4S/c1-11(2)20-15-14-12(10-19-17(22-14)27(3,25)26)9-13(21-15)18(16(23)24)7-5-4-6-8-18/h4-7,9-11H,8H2,1-3H3,(H,20,21)(H,23,24)/t18-/m0/s1. The zero-order chi connectivity index (χ0) is 19.8. The number of pyridine rings is 1. The first-order valence-corrected chi connectivity index (χ1v) is 10.3. The number of allylic oxidation sites excluding steroid dienone is 3. The van der Waals surface area contributed by atoms with E-state index in [0.717, 1.165) is 6.26 Å². The molecule has 27 heavy (non-hydrogen) atoms. The molecular weight excluding hydrogens is 368 g/mol. The Morgan fingerprint density at radius 1 is 1.30 bits per heavy atom. The van der Waals surface area contributed by atoms with E-state index in [1.165, 1.54) is 6.20 Å². The molecule has 2 aromatic heterocycles. The highest BCUT2D eigenvalue weighted by molar-refractivity contribution is 7.90. The van der Waals surface area contributed by atoms with E-state index < -0.39 is 21.2 Å². The van der Waals surface area contributed by atoms with Gasteiger partial charge in [0.05, 0.1) is 5.69 Å². The number of aliphatic carboxylic acids is 1. The van der Waals surface area contributed by atoms with Crippen LogP contribution in [0.4, 0.5) is 5.82 Å². The highest BCUT2D eigenvalue weighted by Gasteiger charge is 2.40. The SMILES string of the molecule is CC(C)Nc1nc([C@]2(C(=O)O)C=CC=CC2)cc2cnc(S(C)(=O)=O)nc12. The van der Waals surface area contributed by atoms with Crippen LogP contribution in [0.5, 0.6) is 0 Å². The van der Waals surface area contributed by atoms with Gasteiger partial charge in [-0.2, -0.15) is 0 Å². The number of hydrogen-bond donors (Lipinski definition) is 2. The number of nitrogens with zero attached hydrogens (tertiary/aromatic N) is 3. The summed E-state index contributed by atoms with van der Waals surface area (Å²) < 4.78 is 23.6. The fraction of sp³-hybridized carbons (Fsp3) is 0.333. The van der Waals surface area contributed by atoms with Gasteiger partial charge in [0, 0.05) is 23.9 Å². The number of hydrogen-bond acceptors (Lipinski definition) is 7. The van der Waals surface area contributed by atoms with Crippen LogP contribution in [0.2, 0.25) is 0 Å². The van der Waals surface area contributed by atoms with Crippen LogP contribution < -0.4 is 5.32 Å². The molecule has 0 amide bonds. The maximum absolute atomic E-state index is 12.1. The molecule has 0 spiro atoms. The number of sulfone groups is 1. The third-order valence-corrected chi connectivity index (χ3v) is 5.07. The number of anilines is 1. The van der Waals surface area contributed by atoms with Crippen molar-refractivity contribution in [3.63, 3.8) is 0 Å². The number of carboxylic acids is 1. The average molecular weight is 388 g/mol. The van der Waals surface area contributed by atoms with Gasteiger partial charge < -0.3 is 10.4 Å². The van der Waals surface area contributed by atoms with E-state index in [9.17, 15) is 18.3 Å². The second-order valence-corrected chi connectivity index (χ2v) is 8.70. The number of nitrogens with one attached hydrogen (secondary N) is 1. The Morgan fingerprint density at radius 2 is 2.04 bits per heavy atom. The second kappa shape index (κ2) is 6.73. The summed E-state index contributed by atoms with van der Waals surface area (Å²) in [6.45, 7) is 3.80. The topological polar surface area (TPSA) is 122 Å². The predicted octanol–water partition coefficient (Wildman–Crippen LogP) is 2.09. The minimum atomic E-state index is -3.59. The van der Waals surface area contributed by atoms with Gasteiger partial charge in [-0.25, -0.2) is 23.4 Å². The normalized spacial score (nSPS) is 19.6. The van der Waals surface area contributed by atoms with Crippen molar-refractivity contribution in [3.05, 3.63) is 42.3 Å². The Labute approximate surface area is 157 Å². The molecule has 0 aromatic carbocycles. The fourth-order valence-electron chi connectivity index (χ4n) is 2.88. The lowest BCUT2D eigenvalue weighted by atomic mass is 9.78. The highest BCUT2D eigenvalue weighted by Crippen LogP contribution is 2.35. The highest BCUT2D eigenvalue weighted by atomic mass is 32.2. The molecule has 0 unspecified atom stereocenters. The zero-order valence-electron chi connectivity index (χ0n) is 15.2. The molecule has 2 heterocycles. The molecule has 0 fully saturated rings. The van der Waals surface area contributed by atoms with E-state index in [1.54, 1.807) is 30.4 Å². The molecule has 2 aromatic rings. The molecule has 0 radical (unpaired) electrons. The average Bonchev–Trinajstić information content (AvgIpc) is 2.60. The first-order chi connectivity index (χ1) is 12.6. The van der Waals surface area contributed by atoms with Crippen molar-refractivity contribution in [1.29, 1.82) is 0 Å². The minimum absolute atomic E-state index is 0.0184. The van der Waals surface area contributed by atoms with Crippen molar-refractivity contribution >= 4 is 32.5 Å². The molecule has 0 saturated heterocycles. The molecule has 0 aliphatic heterocycles. The zero-order valence-corrected chi connectivity index (χ0v) is 16.0.